The fourth-order valence-electron chi connectivity index (χ4n) is 4.24. The van der Waals surface area contributed by atoms with Crippen LogP contribution in [0.5, 0.6) is 0 Å². The Morgan fingerprint density at radius 1 is 0.931 bits per heavy atom. The van der Waals surface area contributed by atoms with Crippen LogP contribution in [-0.2, 0) is 17.6 Å². The van der Waals surface area contributed by atoms with E-state index in [-0.39, 0.29) is 11.8 Å². The summed E-state index contributed by atoms with van der Waals surface area (Å²) in [5.74, 6) is -1.50. The number of aryl methyl sites for hydroxylation is 2. The van der Waals surface area contributed by atoms with E-state index in [1.165, 1.54) is 16.0 Å². The van der Waals surface area contributed by atoms with Gasteiger partial charge in [-0.05, 0) is 80.0 Å². The highest BCUT2D eigenvalue weighted by Crippen LogP contribution is 2.24. The van der Waals surface area contributed by atoms with Crippen LogP contribution in [0.3, 0.4) is 0 Å². The number of carbonyl (C=O) groups is 3. The maximum Gasteiger partial charge on any atom is 0.326 e. The number of aliphatic carboxylic acids is 1. The molecule has 4 rings (SSSR count). The van der Waals surface area contributed by atoms with Gasteiger partial charge in [-0.3, -0.25) is 9.59 Å². The third-order valence-electron chi connectivity index (χ3n) is 5.78. The molecule has 6 heteroatoms. The highest BCUT2D eigenvalue weighted by Gasteiger charge is 2.32. The molecule has 0 spiro atoms. The first-order valence-electron chi connectivity index (χ1n) is 10.1. The normalized spacial score (nSPS) is 18.2. The number of amides is 2. The second kappa shape index (κ2) is 8.07. The summed E-state index contributed by atoms with van der Waals surface area (Å²) in [6, 6.07) is 11.7. The standard InChI is InChI=1S/C23H24N2O4/c26-21(17-11-10-15-5-3-6-16(15)13-17)24-19-8-4-7-18(14-19)22(27)25-12-2-1-9-20(25)23(28)29/h4,7-8,10-11,13-14,20H,1-3,5-6,9,12H2,(H,24,26)(H,28,29). The van der Waals surface area contributed by atoms with Crippen molar-refractivity contribution in [1.29, 1.82) is 0 Å². The zero-order chi connectivity index (χ0) is 20.4. The molecule has 1 aliphatic carbocycles. The molecule has 0 aromatic heterocycles. The summed E-state index contributed by atoms with van der Waals surface area (Å²) < 4.78 is 0. The van der Waals surface area contributed by atoms with Crippen LogP contribution in [0.4, 0.5) is 5.69 Å². The summed E-state index contributed by atoms with van der Waals surface area (Å²) in [4.78, 5) is 38.5. The fraction of sp³-hybridized carbons (Fsp3) is 0.348. The van der Waals surface area contributed by atoms with Gasteiger partial charge in [0.05, 0.1) is 0 Å². The summed E-state index contributed by atoms with van der Waals surface area (Å²) in [5, 5.41) is 12.3. The number of carboxylic acids is 1. The average molecular weight is 392 g/mol. The number of hydrogen-bond donors (Lipinski definition) is 2. The van der Waals surface area contributed by atoms with E-state index in [1.54, 1.807) is 24.3 Å². The van der Waals surface area contributed by atoms with Crippen molar-refractivity contribution in [2.45, 2.75) is 44.6 Å². The smallest absolute Gasteiger partial charge is 0.326 e. The second-order valence-electron chi connectivity index (χ2n) is 7.72. The number of nitrogens with zero attached hydrogens (tertiary/aromatic N) is 1. The van der Waals surface area contributed by atoms with E-state index in [0.717, 1.165) is 32.1 Å². The van der Waals surface area contributed by atoms with E-state index in [4.69, 9.17) is 0 Å². The molecule has 2 aliphatic rings. The molecule has 1 unspecified atom stereocenters. The molecule has 150 valence electrons. The maximum absolute atomic E-state index is 12.9. The van der Waals surface area contributed by atoms with Gasteiger partial charge in [0.25, 0.3) is 11.8 Å². The van der Waals surface area contributed by atoms with Gasteiger partial charge in [0, 0.05) is 23.4 Å². The lowest BCUT2D eigenvalue weighted by molar-refractivity contribution is -0.143. The van der Waals surface area contributed by atoms with Gasteiger partial charge in [-0.15, -0.1) is 0 Å². The molecule has 2 aromatic rings. The third-order valence-corrected chi connectivity index (χ3v) is 5.78. The quantitative estimate of drug-likeness (QED) is 0.834. The Morgan fingerprint density at radius 3 is 2.59 bits per heavy atom. The van der Waals surface area contributed by atoms with Crippen LogP contribution < -0.4 is 5.32 Å². The molecule has 1 atom stereocenters. The van der Waals surface area contributed by atoms with Crippen molar-refractivity contribution in [1.82, 2.24) is 4.90 Å². The van der Waals surface area contributed by atoms with Crippen LogP contribution in [0.1, 0.15) is 57.5 Å². The minimum atomic E-state index is -0.973. The van der Waals surface area contributed by atoms with Gasteiger partial charge in [-0.2, -0.15) is 0 Å². The molecule has 2 aromatic carbocycles. The zero-order valence-electron chi connectivity index (χ0n) is 16.2. The topological polar surface area (TPSA) is 86.7 Å². The van der Waals surface area contributed by atoms with Gasteiger partial charge in [0.15, 0.2) is 0 Å². The lowest BCUT2D eigenvalue weighted by Gasteiger charge is -2.33. The highest BCUT2D eigenvalue weighted by molar-refractivity contribution is 6.05. The van der Waals surface area contributed by atoms with E-state index < -0.39 is 12.0 Å². The molecule has 0 saturated carbocycles. The van der Waals surface area contributed by atoms with E-state index in [2.05, 4.69) is 5.32 Å². The van der Waals surface area contributed by atoms with Crippen molar-refractivity contribution >= 4 is 23.5 Å². The molecular formula is C23H24N2O4. The number of benzene rings is 2. The van der Waals surface area contributed by atoms with Gasteiger partial charge in [-0.1, -0.05) is 12.1 Å². The summed E-state index contributed by atoms with van der Waals surface area (Å²) in [6.07, 6.45) is 5.26. The third kappa shape index (κ3) is 4.01. The summed E-state index contributed by atoms with van der Waals surface area (Å²) in [6.45, 7) is 0.432. The van der Waals surface area contributed by atoms with Crippen molar-refractivity contribution in [3.8, 4) is 0 Å². The predicted molar refractivity (Wildman–Crippen MR) is 109 cm³/mol. The van der Waals surface area contributed by atoms with Crippen molar-refractivity contribution in [2.24, 2.45) is 0 Å². The van der Waals surface area contributed by atoms with E-state index >= 15 is 0 Å². The molecule has 2 amide bonds. The van der Waals surface area contributed by atoms with Gasteiger partial charge in [-0.25, -0.2) is 4.79 Å². The van der Waals surface area contributed by atoms with Crippen LogP contribution >= 0.6 is 0 Å². The van der Waals surface area contributed by atoms with Crippen molar-refractivity contribution in [3.63, 3.8) is 0 Å². The number of hydrogen-bond acceptors (Lipinski definition) is 3. The van der Waals surface area contributed by atoms with Crippen LogP contribution in [0.25, 0.3) is 0 Å². The number of fused-ring (bicyclic) bond motifs is 1. The number of likely N-dealkylation sites (tertiary alicyclic amines) is 1. The Bertz CT molecular complexity index is 969. The van der Waals surface area contributed by atoms with Crippen LogP contribution in [0.15, 0.2) is 42.5 Å². The van der Waals surface area contributed by atoms with Crippen molar-refractivity contribution < 1.29 is 19.5 Å². The number of piperidine rings is 1. The molecule has 1 saturated heterocycles. The first-order chi connectivity index (χ1) is 14.0. The average Bonchev–Trinajstić information content (AvgIpc) is 3.21. The lowest BCUT2D eigenvalue weighted by Crippen LogP contribution is -2.48. The Morgan fingerprint density at radius 2 is 1.76 bits per heavy atom. The molecule has 1 heterocycles. The first kappa shape index (κ1) is 19.2. The van der Waals surface area contributed by atoms with E-state index in [0.29, 0.717) is 29.8 Å². The molecule has 2 N–H and O–H groups in total. The minimum absolute atomic E-state index is 0.217. The Hall–Kier alpha value is -3.15. The number of carbonyl (C=O) groups excluding carboxylic acids is 2. The first-order valence-corrected chi connectivity index (χ1v) is 10.1. The number of carboxylic acid groups (broad SMARTS) is 1. The fourth-order valence-corrected chi connectivity index (χ4v) is 4.24. The SMILES string of the molecule is O=C(Nc1cccc(C(=O)N2CCCCC2C(=O)O)c1)c1ccc2c(c1)CCC2. The molecule has 0 radical (unpaired) electrons. The Balaban J connectivity index is 1.50. The van der Waals surface area contributed by atoms with Gasteiger partial charge in [0.2, 0.25) is 0 Å². The highest BCUT2D eigenvalue weighted by atomic mass is 16.4. The molecule has 1 aliphatic heterocycles. The predicted octanol–water partition coefficient (Wildman–Crippen LogP) is 3.51. The van der Waals surface area contributed by atoms with E-state index in [9.17, 15) is 19.5 Å². The molecule has 1 fully saturated rings. The lowest BCUT2D eigenvalue weighted by atomic mass is 10.0. The molecule has 29 heavy (non-hydrogen) atoms. The Labute approximate surface area is 169 Å². The van der Waals surface area contributed by atoms with Gasteiger partial charge in [0.1, 0.15) is 6.04 Å². The number of anilines is 1. The summed E-state index contributed by atoms with van der Waals surface area (Å²) >= 11 is 0. The largest absolute Gasteiger partial charge is 0.480 e. The van der Waals surface area contributed by atoms with Gasteiger partial charge < -0.3 is 15.3 Å². The minimum Gasteiger partial charge on any atom is -0.480 e. The molecule has 6 nitrogen and oxygen atoms in total. The monoisotopic (exact) mass is 392 g/mol. The maximum atomic E-state index is 12.9. The second-order valence-corrected chi connectivity index (χ2v) is 7.72. The van der Waals surface area contributed by atoms with Crippen LogP contribution in [0, 0.1) is 0 Å². The zero-order valence-corrected chi connectivity index (χ0v) is 16.2. The summed E-state index contributed by atoms with van der Waals surface area (Å²) in [5.41, 5.74) is 4.04. The Kier molecular flexibility index (Phi) is 5.34. The molecule has 0 bridgehead atoms. The van der Waals surface area contributed by atoms with Crippen molar-refractivity contribution in [3.05, 3.63) is 64.7 Å². The summed E-state index contributed by atoms with van der Waals surface area (Å²) in [7, 11) is 0. The number of nitrogens with one attached hydrogen (secondary N) is 1. The van der Waals surface area contributed by atoms with E-state index in [1.807, 2.05) is 18.2 Å². The van der Waals surface area contributed by atoms with Crippen LogP contribution in [0.2, 0.25) is 0 Å². The van der Waals surface area contributed by atoms with Crippen molar-refractivity contribution in [2.75, 3.05) is 11.9 Å². The molecular weight excluding hydrogens is 368 g/mol. The number of rotatable bonds is 4. The van der Waals surface area contributed by atoms with Gasteiger partial charge >= 0.3 is 5.97 Å². The van der Waals surface area contributed by atoms with Crippen LogP contribution in [-0.4, -0.2) is 40.4 Å².